The Hall–Kier alpha value is -1.89. The third-order valence-corrected chi connectivity index (χ3v) is 5.94. The molecule has 4 rings (SSSR count). The van der Waals surface area contributed by atoms with Gasteiger partial charge in [0.25, 0.3) is 0 Å². The molecule has 2 aromatic rings. The number of carbonyl (C=O) groups excluding carboxylic acids is 1. The molecule has 2 atom stereocenters. The van der Waals surface area contributed by atoms with E-state index < -0.39 is 0 Å². The molecule has 0 aromatic heterocycles. The molecule has 2 aromatic carbocycles. The Morgan fingerprint density at radius 1 is 1.31 bits per heavy atom. The summed E-state index contributed by atoms with van der Waals surface area (Å²) in [4.78, 5) is 12.6. The molecule has 0 fully saturated rings. The van der Waals surface area contributed by atoms with E-state index in [0.29, 0.717) is 6.42 Å². The molecule has 0 saturated heterocycles. The molecular formula is C21H21IN2O2. The number of halogens is 1. The van der Waals surface area contributed by atoms with Crippen LogP contribution in [0.5, 0.6) is 5.75 Å². The van der Waals surface area contributed by atoms with Crippen molar-refractivity contribution in [2.24, 2.45) is 11.0 Å². The summed E-state index contributed by atoms with van der Waals surface area (Å²) in [5.74, 6) is 1.19. The molecule has 0 spiro atoms. The molecule has 0 radical (unpaired) electrons. The average Bonchev–Trinajstić information content (AvgIpc) is 3.06. The summed E-state index contributed by atoms with van der Waals surface area (Å²) in [5.41, 5.74) is 4.62. The van der Waals surface area contributed by atoms with Gasteiger partial charge in [-0.25, -0.2) is 5.01 Å². The standard InChI is InChI=1S/C21H21IN2O2/c1-3-19(25)24-21(14-5-4-6-15(22)11-14)18-9-7-13-12-16(26-2)8-10-17(13)20(18)23-24/h4-6,8,10-12,18,21H,3,7,9H2,1-2H3/t18-,21+/m1/s1. The number of nitrogens with zero attached hydrogens (tertiary/aromatic N) is 2. The highest BCUT2D eigenvalue weighted by Crippen LogP contribution is 2.44. The first-order valence-electron chi connectivity index (χ1n) is 8.95. The molecule has 134 valence electrons. The van der Waals surface area contributed by atoms with Gasteiger partial charge >= 0.3 is 0 Å². The number of ether oxygens (including phenoxy) is 1. The van der Waals surface area contributed by atoms with Crippen molar-refractivity contribution < 1.29 is 9.53 Å². The zero-order chi connectivity index (χ0) is 18.3. The maximum Gasteiger partial charge on any atom is 0.242 e. The molecule has 2 aliphatic rings. The zero-order valence-electron chi connectivity index (χ0n) is 14.9. The minimum Gasteiger partial charge on any atom is -0.497 e. The lowest BCUT2D eigenvalue weighted by atomic mass is 9.77. The summed E-state index contributed by atoms with van der Waals surface area (Å²) < 4.78 is 6.55. The molecule has 1 aliphatic heterocycles. The number of benzene rings is 2. The van der Waals surface area contributed by atoms with E-state index in [1.807, 2.05) is 13.0 Å². The van der Waals surface area contributed by atoms with Gasteiger partial charge in [-0.3, -0.25) is 4.79 Å². The maximum absolute atomic E-state index is 12.6. The average molecular weight is 460 g/mol. The van der Waals surface area contributed by atoms with E-state index in [-0.39, 0.29) is 17.9 Å². The summed E-state index contributed by atoms with van der Waals surface area (Å²) in [6.45, 7) is 1.90. The maximum atomic E-state index is 12.6. The first-order valence-corrected chi connectivity index (χ1v) is 10.0. The molecule has 1 amide bonds. The van der Waals surface area contributed by atoms with Gasteiger partial charge < -0.3 is 4.74 Å². The lowest BCUT2D eigenvalue weighted by Gasteiger charge is -2.29. The van der Waals surface area contributed by atoms with E-state index in [2.05, 4.69) is 59.0 Å². The number of carbonyl (C=O) groups is 1. The van der Waals surface area contributed by atoms with E-state index in [1.165, 1.54) is 14.7 Å². The summed E-state index contributed by atoms with van der Waals surface area (Å²) in [7, 11) is 1.69. The summed E-state index contributed by atoms with van der Waals surface area (Å²) in [6.07, 6.45) is 2.42. The molecule has 1 aliphatic carbocycles. The molecular weight excluding hydrogens is 439 g/mol. The van der Waals surface area contributed by atoms with Crippen LogP contribution in [0.15, 0.2) is 47.6 Å². The number of fused-ring (bicyclic) bond motifs is 3. The second-order valence-electron chi connectivity index (χ2n) is 6.75. The van der Waals surface area contributed by atoms with Crippen molar-refractivity contribution >= 4 is 34.2 Å². The fourth-order valence-corrected chi connectivity index (χ4v) is 4.59. The SMILES string of the molecule is CCC(=O)N1N=C2c3ccc(OC)cc3CC[C@H]2[C@@H]1c1cccc(I)c1. The van der Waals surface area contributed by atoms with E-state index in [1.54, 1.807) is 12.1 Å². The fourth-order valence-electron chi connectivity index (χ4n) is 4.02. The Kier molecular flexibility index (Phi) is 4.73. The van der Waals surface area contributed by atoms with Crippen LogP contribution in [0.4, 0.5) is 0 Å². The van der Waals surface area contributed by atoms with Crippen molar-refractivity contribution in [1.82, 2.24) is 5.01 Å². The summed E-state index contributed by atoms with van der Waals surface area (Å²) in [5, 5.41) is 6.55. The molecule has 0 N–H and O–H groups in total. The topological polar surface area (TPSA) is 41.9 Å². The van der Waals surface area contributed by atoms with Crippen LogP contribution in [0.1, 0.15) is 42.5 Å². The number of amides is 1. The van der Waals surface area contributed by atoms with Crippen LogP contribution in [0.3, 0.4) is 0 Å². The number of methoxy groups -OCH3 is 1. The second kappa shape index (κ2) is 7.02. The smallest absolute Gasteiger partial charge is 0.242 e. The van der Waals surface area contributed by atoms with Crippen LogP contribution in [0, 0.1) is 9.49 Å². The third-order valence-electron chi connectivity index (χ3n) is 5.27. The monoisotopic (exact) mass is 460 g/mol. The molecule has 0 bridgehead atoms. The van der Waals surface area contributed by atoms with Gasteiger partial charge in [-0.2, -0.15) is 5.10 Å². The van der Waals surface area contributed by atoms with Crippen molar-refractivity contribution in [3.63, 3.8) is 0 Å². The minimum absolute atomic E-state index is 0.0117. The Bertz CT molecular complexity index is 893. The first-order chi connectivity index (χ1) is 12.6. The van der Waals surface area contributed by atoms with Crippen LogP contribution in [0.2, 0.25) is 0 Å². The van der Waals surface area contributed by atoms with Crippen molar-refractivity contribution in [3.05, 3.63) is 62.7 Å². The molecule has 26 heavy (non-hydrogen) atoms. The number of rotatable bonds is 3. The Labute approximate surface area is 167 Å². The van der Waals surface area contributed by atoms with Gasteiger partial charge in [-0.05, 0) is 76.9 Å². The lowest BCUT2D eigenvalue weighted by Crippen LogP contribution is -2.31. The van der Waals surface area contributed by atoms with Crippen LogP contribution in [0.25, 0.3) is 0 Å². The number of hydrogen-bond acceptors (Lipinski definition) is 3. The van der Waals surface area contributed by atoms with E-state index >= 15 is 0 Å². The van der Waals surface area contributed by atoms with E-state index in [4.69, 9.17) is 9.84 Å². The van der Waals surface area contributed by atoms with Crippen LogP contribution in [-0.4, -0.2) is 23.7 Å². The van der Waals surface area contributed by atoms with Crippen LogP contribution >= 0.6 is 22.6 Å². The number of aryl methyl sites for hydroxylation is 1. The zero-order valence-corrected chi connectivity index (χ0v) is 17.1. The number of hydrazone groups is 1. The quantitative estimate of drug-likeness (QED) is 0.631. The van der Waals surface area contributed by atoms with Gasteiger partial charge in [0.2, 0.25) is 5.91 Å². The van der Waals surface area contributed by atoms with E-state index in [0.717, 1.165) is 29.9 Å². The van der Waals surface area contributed by atoms with Gasteiger partial charge in [0.1, 0.15) is 5.75 Å². The Morgan fingerprint density at radius 3 is 2.88 bits per heavy atom. The van der Waals surface area contributed by atoms with Gasteiger partial charge in [0.15, 0.2) is 0 Å². The van der Waals surface area contributed by atoms with Crippen molar-refractivity contribution in [1.29, 1.82) is 0 Å². The van der Waals surface area contributed by atoms with Gasteiger partial charge in [-0.1, -0.05) is 19.1 Å². The molecule has 1 heterocycles. The second-order valence-corrected chi connectivity index (χ2v) is 7.99. The van der Waals surface area contributed by atoms with Gasteiger partial charge in [-0.15, -0.1) is 0 Å². The highest BCUT2D eigenvalue weighted by atomic mass is 127. The number of hydrogen-bond donors (Lipinski definition) is 0. The third kappa shape index (κ3) is 2.92. The van der Waals surface area contributed by atoms with Crippen molar-refractivity contribution in [3.8, 4) is 5.75 Å². The lowest BCUT2D eigenvalue weighted by molar-refractivity contribution is -0.133. The molecule has 4 nitrogen and oxygen atoms in total. The predicted octanol–water partition coefficient (Wildman–Crippen LogP) is 4.56. The van der Waals surface area contributed by atoms with Gasteiger partial charge in [0, 0.05) is 21.5 Å². The van der Waals surface area contributed by atoms with Crippen molar-refractivity contribution in [2.75, 3.05) is 7.11 Å². The summed E-state index contributed by atoms with van der Waals surface area (Å²) >= 11 is 2.33. The van der Waals surface area contributed by atoms with Crippen molar-refractivity contribution in [2.45, 2.75) is 32.2 Å². The van der Waals surface area contributed by atoms with Gasteiger partial charge in [0.05, 0.1) is 18.9 Å². The molecule has 0 saturated carbocycles. The van der Waals surface area contributed by atoms with E-state index in [9.17, 15) is 4.79 Å². The van der Waals surface area contributed by atoms with Crippen LogP contribution in [-0.2, 0) is 11.2 Å². The molecule has 5 heteroatoms. The molecule has 0 unspecified atom stereocenters. The summed E-state index contributed by atoms with van der Waals surface area (Å²) in [6, 6.07) is 14.6. The highest BCUT2D eigenvalue weighted by molar-refractivity contribution is 14.1. The first kappa shape index (κ1) is 17.5. The minimum atomic E-state index is -0.0117. The largest absolute Gasteiger partial charge is 0.497 e. The fraction of sp³-hybridized carbons (Fsp3) is 0.333. The Morgan fingerprint density at radius 2 is 2.15 bits per heavy atom. The predicted molar refractivity (Wildman–Crippen MR) is 110 cm³/mol. The normalized spacial score (nSPS) is 21.0. The van der Waals surface area contributed by atoms with Crippen LogP contribution < -0.4 is 4.74 Å². The highest BCUT2D eigenvalue weighted by Gasteiger charge is 2.43. The Balaban J connectivity index is 1.80.